The van der Waals surface area contributed by atoms with Crippen LogP contribution in [0.15, 0.2) is 23.6 Å². The molecule has 2 atom stereocenters. The fraction of sp³-hybridized carbons (Fsp3) is 0.700. The van der Waals surface area contributed by atoms with Crippen molar-refractivity contribution in [1.82, 2.24) is 10.2 Å². The Morgan fingerprint density at radius 2 is 1.89 bits per heavy atom. The summed E-state index contributed by atoms with van der Waals surface area (Å²) >= 11 is 0. The zero-order valence-electron chi connectivity index (χ0n) is 16.3. The van der Waals surface area contributed by atoms with Crippen LogP contribution in [0.1, 0.15) is 46.5 Å². The van der Waals surface area contributed by atoms with Crippen molar-refractivity contribution in [3.8, 4) is 0 Å². The molecule has 150 valence electrons. The molecule has 1 amide bonds. The topological polar surface area (TPSA) is 67.9 Å². The summed E-state index contributed by atoms with van der Waals surface area (Å²) in [6, 6.07) is -1.20. The number of nitrogens with zero attached hydrogens (tertiary/aromatic N) is 1. The zero-order chi connectivity index (χ0) is 19.6. The number of halogens is 1. The largest absolute Gasteiger partial charge is 0.459 e. The van der Waals surface area contributed by atoms with Crippen LogP contribution in [0.4, 0.5) is 9.18 Å². The van der Waals surface area contributed by atoms with Crippen molar-refractivity contribution in [2.45, 2.75) is 64.2 Å². The van der Waals surface area contributed by atoms with Gasteiger partial charge >= 0.3 is 12.1 Å². The van der Waals surface area contributed by atoms with Crippen LogP contribution in [0.2, 0.25) is 0 Å². The van der Waals surface area contributed by atoms with Gasteiger partial charge in [-0.2, -0.15) is 0 Å². The molecule has 2 bridgehead atoms. The van der Waals surface area contributed by atoms with Crippen LogP contribution >= 0.6 is 0 Å². The molecule has 3 heterocycles. The fourth-order valence-electron chi connectivity index (χ4n) is 3.87. The normalized spacial score (nSPS) is 28.7. The van der Waals surface area contributed by atoms with Gasteiger partial charge in [-0.3, -0.25) is 4.90 Å². The molecule has 6 nitrogen and oxygen atoms in total. The molecular weight excluding hydrogens is 351 g/mol. The van der Waals surface area contributed by atoms with Gasteiger partial charge in [0.05, 0.1) is 0 Å². The van der Waals surface area contributed by atoms with Gasteiger partial charge in [-0.1, -0.05) is 6.08 Å². The van der Waals surface area contributed by atoms with Crippen molar-refractivity contribution in [1.29, 1.82) is 0 Å². The highest BCUT2D eigenvalue weighted by molar-refractivity contribution is 5.86. The molecule has 4 aliphatic rings. The van der Waals surface area contributed by atoms with Gasteiger partial charge in [0.1, 0.15) is 17.5 Å². The fourth-order valence-corrected chi connectivity index (χ4v) is 3.87. The summed E-state index contributed by atoms with van der Waals surface area (Å²) in [7, 11) is 0. The van der Waals surface area contributed by atoms with Gasteiger partial charge in [0.15, 0.2) is 6.04 Å². The highest BCUT2D eigenvalue weighted by atomic mass is 19.1. The lowest BCUT2D eigenvalue weighted by molar-refractivity contribution is -0.160. The smallest absolute Gasteiger partial charge is 0.408 e. The Labute approximate surface area is 159 Å². The maximum atomic E-state index is 14.4. The van der Waals surface area contributed by atoms with Crippen LogP contribution in [0.5, 0.6) is 0 Å². The SMILES string of the molecule is CC(C)(C)OC(=O)NC(C(=O)OC1CN2CCC1CC2)C1=CCCC=C1F. The van der Waals surface area contributed by atoms with Crippen LogP contribution < -0.4 is 5.32 Å². The summed E-state index contributed by atoms with van der Waals surface area (Å²) in [5.74, 6) is -0.786. The van der Waals surface area contributed by atoms with E-state index in [1.54, 1.807) is 26.8 Å². The van der Waals surface area contributed by atoms with Gasteiger partial charge in [-0.25, -0.2) is 14.0 Å². The first-order valence-electron chi connectivity index (χ1n) is 9.71. The molecule has 7 heteroatoms. The zero-order valence-corrected chi connectivity index (χ0v) is 16.3. The summed E-state index contributed by atoms with van der Waals surface area (Å²) in [6.45, 7) is 7.95. The second-order valence-corrected chi connectivity index (χ2v) is 8.48. The van der Waals surface area contributed by atoms with Crippen molar-refractivity contribution in [2.24, 2.45) is 5.92 Å². The van der Waals surface area contributed by atoms with E-state index in [4.69, 9.17) is 9.47 Å². The monoisotopic (exact) mass is 380 g/mol. The van der Waals surface area contributed by atoms with Gasteiger partial charge in [-0.05, 0) is 71.5 Å². The van der Waals surface area contributed by atoms with Crippen molar-refractivity contribution >= 4 is 12.1 Å². The number of carbonyl (C=O) groups is 2. The van der Waals surface area contributed by atoms with Crippen LogP contribution in [0, 0.1) is 5.92 Å². The Kier molecular flexibility index (Phi) is 5.89. The second kappa shape index (κ2) is 8.00. The summed E-state index contributed by atoms with van der Waals surface area (Å²) in [5, 5.41) is 2.51. The molecule has 1 aliphatic carbocycles. The minimum Gasteiger partial charge on any atom is -0.459 e. The quantitative estimate of drug-likeness (QED) is 0.759. The summed E-state index contributed by atoms with van der Waals surface area (Å²) in [4.78, 5) is 27.4. The Bertz CT molecular complexity index is 645. The van der Waals surface area contributed by atoms with E-state index in [0.717, 1.165) is 25.9 Å². The molecule has 2 unspecified atom stereocenters. The van der Waals surface area contributed by atoms with Crippen molar-refractivity contribution in [3.63, 3.8) is 0 Å². The molecule has 27 heavy (non-hydrogen) atoms. The first-order chi connectivity index (χ1) is 12.7. The molecule has 0 aromatic heterocycles. The van der Waals surface area contributed by atoms with E-state index >= 15 is 0 Å². The Morgan fingerprint density at radius 1 is 1.22 bits per heavy atom. The molecule has 0 saturated carbocycles. The number of piperidine rings is 3. The van der Waals surface area contributed by atoms with Gasteiger partial charge in [0, 0.05) is 12.1 Å². The number of carbonyl (C=O) groups excluding carboxylic acids is 2. The van der Waals surface area contributed by atoms with E-state index < -0.39 is 29.5 Å². The summed E-state index contributed by atoms with van der Waals surface area (Å²) in [5.41, 5.74) is -0.567. The van der Waals surface area contributed by atoms with Crippen LogP contribution in [0.25, 0.3) is 0 Å². The summed E-state index contributed by atoms with van der Waals surface area (Å²) < 4.78 is 25.3. The standard InChI is InChI=1S/C20H29FN2O4/c1-20(2,3)27-19(25)22-17(14-6-4-5-7-15(14)21)18(24)26-16-12-23-10-8-13(16)9-11-23/h6-7,13,16-17H,4-5,8-12H2,1-3H3,(H,22,25). The van der Waals surface area contributed by atoms with Crippen molar-refractivity contribution in [2.75, 3.05) is 19.6 Å². The third kappa shape index (κ3) is 5.09. The third-order valence-corrected chi connectivity index (χ3v) is 5.20. The highest BCUT2D eigenvalue weighted by Crippen LogP contribution is 2.31. The number of nitrogens with one attached hydrogen (secondary N) is 1. The van der Waals surface area contributed by atoms with Gasteiger partial charge in [0.25, 0.3) is 0 Å². The van der Waals surface area contributed by atoms with E-state index in [9.17, 15) is 14.0 Å². The Morgan fingerprint density at radius 3 is 2.44 bits per heavy atom. The molecule has 3 saturated heterocycles. The first-order valence-corrected chi connectivity index (χ1v) is 9.71. The molecule has 0 spiro atoms. The lowest BCUT2D eigenvalue weighted by Gasteiger charge is -2.44. The number of amides is 1. The van der Waals surface area contributed by atoms with Gasteiger partial charge < -0.3 is 14.8 Å². The molecular formula is C20H29FN2O4. The van der Waals surface area contributed by atoms with E-state index in [-0.39, 0.29) is 11.7 Å². The van der Waals surface area contributed by atoms with Gasteiger partial charge in [-0.15, -0.1) is 0 Å². The van der Waals surface area contributed by atoms with Gasteiger partial charge in [0.2, 0.25) is 0 Å². The number of allylic oxidation sites excluding steroid dienone is 2. The number of hydrogen-bond donors (Lipinski definition) is 1. The molecule has 0 radical (unpaired) electrons. The number of esters is 1. The minimum absolute atomic E-state index is 0.151. The minimum atomic E-state index is -1.20. The number of fused-ring (bicyclic) bond motifs is 3. The van der Waals surface area contributed by atoms with E-state index in [1.807, 2.05) is 0 Å². The average molecular weight is 380 g/mol. The molecule has 4 rings (SSSR count). The second-order valence-electron chi connectivity index (χ2n) is 8.48. The molecule has 3 fully saturated rings. The number of rotatable bonds is 4. The van der Waals surface area contributed by atoms with Crippen molar-refractivity contribution in [3.05, 3.63) is 23.6 Å². The van der Waals surface area contributed by atoms with Crippen molar-refractivity contribution < 1.29 is 23.5 Å². The Balaban J connectivity index is 1.72. The van der Waals surface area contributed by atoms with E-state index in [2.05, 4.69) is 10.2 Å². The maximum absolute atomic E-state index is 14.4. The van der Waals surface area contributed by atoms with E-state index in [0.29, 0.717) is 25.3 Å². The highest BCUT2D eigenvalue weighted by Gasteiger charge is 2.39. The molecule has 1 N–H and O–H groups in total. The van der Waals surface area contributed by atoms with Crippen LogP contribution in [0.3, 0.4) is 0 Å². The first kappa shape index (κ1) is 19.9. The number of ether oxygens (including phenoxy) is 2. The van der Waals surface area contributed by atoms with E-state index in [1.165, 1.54) is 6.08 Å². The maximum Gasteiger partial charge on any atom is 0.408 e. The molecule has 0 aromatic rings. The molecule has 0 aromatic carbocycles. The molecule has 3 aliphatic heterocycles. The average Bonchev–Trinajstić information content (AvgIpc) is 2.60. The van der Waals surface area contributed by atoms with Crippen LogP contribution in [-0.4, -0.2) is 54.3 Å². The third-order valence-electron chi connectivity index (χ3n) is 5.20. The predicted molar refractivity (Wildman–Crippen MR) is 98.7 cm³/mol. The lowest BCUT2D eigenvalue weighted by Crippen LogP contribution is -2.54. The predicted octanol–water partition coefficient (Wildman–Crippen LogP) is 3.09. The lowest BCUT2D eigenvalue weighted by atomic mass is 9.86. The number of hydrogen-bond acceptors (Lipinski definition) is 5. The summed E-state index contributed by atoms with van der Waals surface area (Å²) in [6.07, 6.45) is 5.29. The van der Waals surface area contributed by atoms with Crippen LogP contribution in [-0.2, 0) is 14.3 Å². The Hall–Kier alpha value is -1.89. The number of alkyl carbamates (subject to hydrolysis) is 1.